The van der Waals surface area contributed by atoms with E-state index >= 15 is 0 Å². The number of hydrogen-bond donors (Lipinski definition) is 2. The number of benzene rings is 1. The molecule has 0 saturated heterocycles. The summed E-state index contributed by atoms with van der Waals surface area (Å²) in [6, 6.07) is 4.26. The lowest BCUT2D eigenvalue weighted by molar-refractivity contribution is -0.144. The zero-order chi connectivity index (χ0) is 15.3. The van der Waals surface area contributed by atoms with E-state index in [9.17, 15) is 14.0 Å². The molecule has 0 aliphatic heterocycles. The van der Waals surface area contributed by atoms with Crippen LogP contribution in [0, 0.1) is 11.7 Å². The lowest BCUT2D eigenvalue weighted by atomic mass is 10.0. The molecule has 2 unspecified atom stereocenters. The highest BCUT2D eigenvalue weighted by Crippen LogP contribution is 2.13. The summed E-state index contributed by atoms with van der Waals surface area (Å²) in [4.78, 5) is 22.9. The molecular formula is C14H18FNO4. The molecule has 0 fully saturated rings. The molecule has 1 aromatic carbocycles. The van der Waals surface area contributed by atoms with Crippen molar-refractivity contribution in [2.24, 2.45) is 5.92 Å². The maximum Gasteiger partial charge on any atom is 0.326 e. The van der Waals surface area contributed by atoms with Crippen molar-refractivity contribution >= 4 is 11.9 Å². The summed E-state index contributed by atoms with van der Waals surface area (Å²) in [6.45, 7) is 4.90. The van der Waals surface area contributed by atoms with Crippen molar-refractivity contribution in [1.29, 1.82) is 0 Å². The molecule has 5 nitrogen and oxygen atoms in total. The van der Waals surface area contributed by atoms with Gasteiger partial charge in [0.25, 0.3) is 5.91 Å². The van der Waals surface area contributed by atoms with E-state index in [0.717, 1.165) is 0 Å². The molecule has 6 heteroatoms. The molecule has 1 amide bonds. The molecule has 0 saturated carbocycles. The Morgan fingerprint density at radius 2 is 1.75 bits per heavy atom. The Bertz CT molecular complexity index is 473. The summed E-state index contributed by atoms with van der Waals surface area (Å²) in [5.74, 6) is -1.93. The van der Waals surface area contributed by atoms with E-state index in [4.69, 9.17) is 9.84 Å². The fourth-order valence-corrected chi connectivity index (χ4v) is 1.55. The standard InChI is InChI=1S/C14H18FNO4/c1-8(2)12(14(18)19)16-13(17)9(3)20-11-6-4-10(15)5-7-11/h4-9,12H,1-3H3,(H,16,17)(H,18,19). The second-order valence-corrected chi connectivity index (χ2v) is 4.78. The first-order valence-electron chi connectivity index (χ1n) is 6.26. The third-order valence-electron chi connectivity index (χ3n) is 2.73. The third-order valence-corrected chi connectivity index (χ3v) is 2.73. The number of carbonyl (C=O) groups is 2. The number of carboxylic acid groups (broad SMARTS) is 1. The fourth-order valence-electron chi connectivity index (χ4n) is 1.55. The van der Waals surface area contributed by atoms with Gasteiger partial charge in [-0.3, -0.25) is 4.79 Å². The molecule has 0 aliphatic carbocycles. The van der Waals surface area contributed by atoms with E-state index in [1.807, 2.05) is 0 Å². The average Bonchev–Trinajstić information content (AvgIpc) is 2.37. The predicted octanol–water partition coefficient (Wildman–Crippen LogP) is 1.82. The minimum Gasteiger partial charge on any atom is -0.481 e. The summed E-state index contributed by atoms with van der Waals surface area (Å²) in [7, 11) is 0. The van der Waals surface area contributed by atoms with E-state index in [0.29, 0.717) is 5.75 Å². The Morgan fingerprint density at radius 1 is 1.20 bits per heavy atom. The van der Waals surface area contributed by atoms with Crippen LogP contribution in [0.25, 0.3) is 0 Å². The largest absolute Gasteiger partial charge is 0.481 e. The SMILES string of the molecule is CC(Oc1ccc(F)cc1)C(=O)NC(C(=O)O)C(C)C. The minimum absolute atomic E-state index is 0.241. The third kappa shape index (κ3) is 4.53. The van der Waals surface area contributed by atoms with Gasteiger partial charge in [0.05, 0.1) is 0 Å². The molecule has 0 spiro atoms. The molecule has 0 aromatic heterocycles. The average molecular weight is 283 g/mol. The van der Waals surface area contributed by atoms with E-state index < -0.39 is 29.8 Å². The van der Waals surface area contributed by atoms with Gasteiger partial charge in [-0.15, -0.1) is 0 Å². The number of amides is 1. The maximum atomic E-state index is 12.7. The molecule has 20 heavy (non-hydrogen) atoms. The molecule has 0 bridgehead atoms. The van der Waals surface area contributed by atoms with Gasteiger partial charge in [0.15, 0.2) is 6.10 Å². The fraction of sp³-hybridized carbons (Fsp3) is 0.429. The monoisotopic (exact) mass is 283 g/mol. The first-order valence-corrected chi connectivity index (χ1v) is 6.26. The Balaban J connectivity index is 2.62. The van der Waals surface area contributed by atoms with Crippen molar-refractivity contribution < 1.29 is 23.8 Å². The van der Waals surface area contributed by atoms with Crippen LogP contribution in [0.15, 0.2) is 24.3 Å². The topological polar surface area (TPSA) is 75.6 Å². The normalized spacial score (nSPS) is 13.7. The van der Waals surface area contributed by atoms with Gasteiger partial charge in [0, 0.05) is 0 Å². The number of halogens is 1. The van der Waals surface area contributed by atoms with Gasteiger partial charge in [-0.25, -0.2) is 9.18 Å². The van der Waals surface area contributed by atoms with Crippen LogP contribution in [0.5, 0.6) is 5.75 Å². The Labute approximate surface area is 116 Å². The Morgan fingerprint density at radius 3 is 2.20 bits per heavy atom. The molecule has 0 aliphatic rings. The molecule has 1 rings (SSSR count). The molecule has 110 valence electrons. The summed E-state index contributed by atoms with van der Waals surface area (Å²) in [5.41, 5.74) is 0. The van der Waals surface area contributed by atoms with Crippen LogP contribution in [0.1, 0.15) is 20.8 Å². The second kappa shape index (κ2) is 6.88. The number of hydrogen-bond acceptors (Lipinski definition) is 3. The lowest BCUT2D eigenvalue weighted by Gasteiger charge is -2.21. The zero-order valence-electron chi connectivity index (χ0n) is 11.6. The molecular weight excluding hydrogens is 265 g/mol. The van der Waals surface area contributed by atoms with E-state index in [2.05, 4.69) is 5.32 Å². The summed E-state index contributed by atoms with van der Waals surface area (Å²) < 4.78 is 18.1. The smallest absolute Gasteiger partial charge is 0.326 e. The van der Waals surface area contributed by atoms with Gasteiger partial charge in [-0.2, -0.15) is 0 Å². The van der Waals surface area contributed by atoms with E-state index in [1.54, 1.807) is 13.8 Å². The molecule has 2 atom stereocenters. The van der Waals surface area contributed by atoms with Crippen LogP contribution in [0.4, 0.5) is 4.39 Å². The van der Waals surface area contributed by atoms with Crippen LogP contribution >= 0.6 is 0 Å². The van der Waals surface area contributed by atoms with Crippen LogP contribution in [-0.4, -0.2) is 29.1 Å². The van der Waals surface area contributed by atoms with Crippen molar-refractivity contribution in [3.8, 4) is 5.75 Å². The minimum atomic E-state index is -1.10. The van der Waals surface area contributed by atoms with Gasteiger partial charge in [0.2, 0.25) is 0 Å². The molecule has 0 radical (unpaired) electrons. The van der Waals surface area contributed by atoms with Gasteiger partial charge in [0.1, 0.15) is 17.6 Å². The quantitative estimate of drug-likeness (QED) is 0.835. The van der Waals surface area contributed by atoms with Gasteiger partial charge < -0.3 is 15.2 Å². The van der Waals surface area contributed by atoms with Crippen LogP contribution in [0.2, 0.25) is 0 Å². The summed E-state index contributed by atoms with van der Waals surface area (Å²) in [5, 5.41) is 11.4. The van der Waals surface area contributed by atoms with Crippen molar-refractivity contribution in [3.63, 3.8) is 0 Å². The van der Waals surface area contributed by atoms with E-state index in [-0.39, 0.29) is 5.92 Å². The number of aliphatic carboxylic acids is 1. The Kier molecular flexibility index (Phi) is 5.49. The number of carbonyl (C=O) groups excluding carboxylic acids is 1. The van der Waals surface area contributed by atoms with E-state index in [1.165, 1.54) is 31.2 Å². The molecule has 0 heterocycles. The lowest BCUT2D eigenvalue weighted by Crippen LogP contribution is -2.48. The van der Waals surface area contributed by atoms with Crippen molar-refractivity contribution in [1.82, 2.24) is 5.32 Å². The van der Waals surface area contributed by atoms with Crippen LogP contribution < -0.4 is 10.1 Å². The zero-order valence-corrected chi connectivity index (χ0v) is 11.6. The van der Waals surface area contributed by atoms with Crippen LogP contribution in [0.3, 0.4) is 0 Å². The second-order valence-electron chi connectivity index (χ2n) is 4.78. The number of nitrogens with one attached hydrogen (secondary N) is 1. The predicted molar refractivity (Wildman–Crippen MR) is 70.9 cm³/mol. The van der Waals surface area contributed by atoms with Gasteiger partial charge >= 0.3 is 5.97 Å². The Hall–Kier alpha value is -2.11. The first-order chi connectivity index (χ1) is 9.31. The first kappa shape index (κ1) is 15.9. The van der Waals surface area contributed by atoms with Crippen molar-refractivity contribution in [3.05, 3.63) is 30.1 Å². The highest BCUT2D eigenvalue weighted by atomic mass is 19.1. The summed E-state index contributed by atoms with van der Waals surface area (Å²) in [6.07, 6.45) is -0.874. The highest BCUT2D eigenvalue weighted by molar-refractivity contribution is 5.86. The number of rotatable bonds is 6. The van der Waals surface area contributed by atoms with Crippen molar-refractivity contribution in [2.75, 3.05) is 0 Å². The van der Waals surface area contributed by atoms with Gasteiger partial charge in [-0.05, 0) is 37.1 Å². The highest BCUT2D eigenvalue weighted by Gasteiger charge is 2.26. The molecule has 2 N–H and O–H groups in total. The molecule has 1 aromatic rings. The summed E-state index contributed by atoms with van der Waals surface area (Å²) >= 11 is 0. The maximum absolute atomic E-state index is 12.7. The number of ether oxygens (including phenoxy) is 1. The number of carboxylic acids is 1. The van der Waals surface area contributed by atoms with Crippen molar-refractivity contribution in [2.45, 2.75) is 32.9 Å². The van der Waals surface area contributed by atoms with Gasteiger partial charge in [-0.1, -0.05) is 13.8 Å². The van der Waals surface area contributed by atoms with Crippen LogP contribution in [-0.2, 0) is 9.59 Å².